The van der Waals surface area contributed by atoms with Crippen molar-refractivity contribution in [1.29, 1.82) is 0 Å². The summed E-state index contributed by atoms with van der Waals surface area (Å²) in [7, 11) is 1.69. The highest BCUT2D eigenvalue weighted by Gasteiger charge is 2.38. The fourth-order valence-electron chi connectivity index (χ4n) is 3.16. The first-order chi connectivity index (χ1) is 12.9. The van der Waals surface area contributed by atoms with Crippen LogP contribution in [-0.4, -0.2) is 30.4 Å². The van der Waals surface area contributed by atoms with Crippen molar-refractivity contribution in [1.82, 2.24) is 10.3 Å². The summed E-state index contributed by atoms with van der Waals surface area (Å²) in [5, 5.41) is 4.07. The number of amides is 2. The Hall–Kier alpha value is -3.08. The topological polar surface area (TPSA) is 65.2 Å². The molecule has 0 atom stereocenters. The lowest BCUT2D eigenvalue weighted by atomic mass is 9.90. The van der Waals surface area contributed by atoms with Crippen LogP contribution in [0.25, 0.3) is 10.9 Å². The zero-order chi connectivity index (χ0) is 19.4. The number of benzene rings is 2. The van der Waals surface area contributed by atoms with Crippen LogP contribution in [-0.2, 0) is 16.0 Å². The maximum absolute atomic E-state index is 12.8. The van der Waals surface area contributed by atoms with Crippen molar-refractivity contribution in [2.75, 3.05) is 18.5 Å². The van der Waals surface area contributed by atoms with E-state index in [1.165, 1.54) is 4.90 Å². The Kier molecular flexibility index (Phi) is 5.31. The molecule has 140 valence electrons. The zero-order valence-corrected chi connectivity index (χ0v) is 16.0. The third-order valence-electron chi connectivity index (χ3n) is 4.91. The second-order valence-electron chi connectivity index (χ2n) is 7.19. The van der Waals surface area contributed by atoms with Crippen molar-refractivity contribution in [2.24, 2.45) is 5.41 Å². The SMILES string of the molecule is CN(C(=O)C(C)(C)C(=O)NCCc1c[nH]c2ccccc12)c1ccccc1. The van der Waals surface area contributed by atoms with Gasteiger partial charge in [0.05, 0.1) is 0 Å². The van der Waals surface area contributed by atoms with Gasteiger partial charge in [-0.2, -0.15) is 0 Å². The molecule has 1 aromatic heterocycles. The summed E-state index contributed by atoms with van der Waals surface area (Å²) in [6.07, 6.45) is 2.67. The van der Waals surface area contributed by atoms with Crippen molar-refractivity contribution in [3.05, 3.63) is 66.4 Å². The Balaban J connectivity index is 1.61. The molecule has 3 rings (SSSR count). The van der Waals surface area contributed by atoms with Gasteiger partial charge in [0.15, 0.2) is 0 Å². The number of para-hydroxylation sites is 2. The van der Waals surface area contributed by atoms with Crippen LogP contribution in [0.4, 0.5) is 5.69 Å². The molecule has 5 heteroatoms. The molecule has 0 fully saturated rings. The molecule has 0 saturated carbocycles. The maximum Gasteiger partial charge on any atom is 0.241 e. The standard InChI is InChI=1S/C22H25N3O2/c1-22(2,21(27)25(3)17-9-5-4-6-10-17)20(26)23-14-13-16-15-24-19-12-8-7-11-18(16)19/h4-12,15,24H,13-14H2,1-3H3,(H,23,26). The molecule has 5 nitrogen and oxygen atoms in total. The molecular weight excluding hydrogens is 338 g/mol. The Labute approximate surface area is 159 Å². The van der Waals surface area contributed by atoms with E-state index in [9.17, 15) is 9.59 Å². The molecular formula is C22H25N3O2. The molecule has 27 heavy (non-hydrogen) atoms. The molecule has 0 saturated heterocycles. The van der Waals surface area contributed by atoms with Gasteiger partial charge in [-0.15, -0.1) is 0 Å². The number of nitrogens with zero attached hydrogens (tertiary/aromatic N) is 1. The molecule has 3 aromatic rings. The number of hydrogen-bond donors (Lipinski definition) is 2. The summed E-state index contributed by atoms with van der Waals surface area (Å²) in [6, 6.07) is 17.4. The lowest BCUT2D eigenvalue weighted by molar-refractivity contribution is -0.139. The quantitative estimate of drug-likeness (QED) is 0.658. The number of H-pyrrole nitrogens is 1. The van der Waals surface area contributed by atoms with E-state index in [-0.39, 0.29) is 11.8 Å². The number of aromatic nitrogens is 1. The lowest BCUT2D eigenvalue weighted by Gasteiger charge is -2.28. The molecule has 0 radical (unpaired) electrons. The molecule has 0 aliphatic carbocycles. The van der Waals surface area contributed by atoms with Crippen LogP contribution >= 0.6 is 0 Å². The van der Waals surface area contributed by atoms with Gasteiger partial charge in [0.25, 0.3) is 0 Å². The van der Waals surface area contributed by atoms with Crippen LogP contribution in [0.5, 0.6) is 0 Å². The first-order valence-electron chi connectivity index (χ1n) is 9.08. The molecule has 2 amide bonds. The Morgan fingerprint density at radius 3 is 2.44 bits per heavy atom. The van der Waals surface area contributed by atoms with Gasteiger partial charge in [-0.05, 0) is 44.0 Å². The average Bonchev–Trinajstić information content (AvgIpc) is 3.10. The fraction of sp³-hybridized carbons (Fsp3) is 0.273. The van der Waals surface area contributed by atoms with Crippen LogP contribution in [0.3, 0.4) is 0 Å². The molecule has 0 aliphatic heterocycles. The fourth-order valence-corrected chi connectivity index (χ4v) is 3.16. The van der Waals surface area contributed by atoms with Gasteiger partial charge in [0.2, 0.25) is 11.8 Å². The average molecular weight is 363 g/mol. The first kappa shape index (κ1) is 18.7. The smallest absolute Gasteiger partial charge is 0.241 e. The van der Waals surface area contributed by atoms with Gasteiger partial charge in [0, 0.05) is 36.4 Å². The van der Waals surface area contributed by atoms with E-state index < -0.39 is 5.41 Å². The van der Waals surface area contributed by atoms with E-state index in [0.717, 1.165) is 22.2 Å². The van der Waals surface area contributed by atoms with Gasteiger partial charge in [-0.1, -0.05) is 36.4 Å². The first-order valence-corrected chi connectivity index (χ1v) is 9.08. The predicted molar refractivity (Wildman–Crippen MR) is 109 cm³/mol. The van der Waals surface area contributed by atoms with Crippen molar-refractivity contribution >= 4 is 28.4 Å². The summed E-state index contributed by atoms with van der Waals surface area (Å²) < 4.78 is 0. The van der Waals surface area contributed by atoms with Gasteiger partial charge in [0.1, 0.15) is 5.41 Å². The zero-order valence-electron chi connectivity index (χ0n) is 16.0. The van der Waals surface area contributed by atoms with E-state index in [1.807, 2.05) is 54.7 Å². The number of aromatic amines is 1. The van der Waals surface area contributed by atoms with Gasteiger partial charge in [-0.3, -0.25) is 9.59 Å². The molecule has 2 aromatic carbocycles. The summed E-state index contributed by atoms with van der Waals surface area (Å²) in [6.45, 7) is 3.80. The van der Waals surface area contributed by atoms with Crippen LogP contribution < -0.4 is 10.2 Å². The summed E-state index contributed by atoms with van der Waals surface area (Å²) in [5.41, 5.74) is 1.85. The van der Waals surface area contributed by atoms with Crippen LogP contribution in [0.2, 0.25) is 0 Å². The van der Waals surface area contributed by atoms with Crippen molar-refractivity contribution in [3.8, 4) is 0 Å². The number of fused-ring (bicyclic) bond motifs is 1. The third-order valence-corrected chi connectivity index (χ3v) is 4.91. The van der Waals surface area contributed by atoms with Crippen molar-refractivity contribution in [2.45, 2.75) is 20.3 Å². The normalized spacial score (nSPS) is 11.4. The van der Waals surface area contributed by atoms with E-state index in [4.69, 9.17) is 0 Å². The molecule has 0 spiro atoms. The minimum absolute atomic E-state index is 0.238. The summed E-state index contributed by atoms with van der Waals surface area (Å²) >= 11 is 0. The van der Waals surface area contributed by atoms with Gasteiger partial charge in [-0.25, -0.2) is 0 Å². The molecule has 0 unspecified atom stereocenters. The Bertz CT molecular complexity index is 944. The minimum atomic E-state index is -1.15. The monoisotopic (exact) mass is 363 g/mol. The predicted octanol–water partition coefficient (Wildman–Crippen LogP) is 3.52. The summed E-state index contributed by atoms with van der Waals surface area (Å²) in [4.78, 5) is 30.3. The third kappa shape index (κ3) is 3.87. The Morgan fingerprint density at radius 1 is 1.04 bits per heavy atom. The number of carbonyl (C=O) groups excluding carboxylic acids is 2. The number of nitrogens with one attached hydrogen (secondary N) is 2. The lowest BCUT2D eigenvalue weighted by Crippen LogP contribution is -2.49. The van der Waals surface area contributed by atoms with E-state index >= 15 is 0 Å². The van der Waals surface area contributed by atoms with Crippen molar-refractivity contribution < 1.29 is 9.59 Å². The van der Waals surface area contributed by atoms with Crippen LogP contribution in [0.1, 0.15) is 19.4 Å². The highest BCUT2D eigenvalue weighted by atomic mass is 16.2. The highest BCUT2D eigenvalue weighted by Crippen LogP contribution is 2.23. The van der Waals surface area contributed by atoms with Crippen LogP contribution in [0.15, 0.2) is 60.8 Å². The number of hydrogen-bond acceptors (Lipinski definition) is 2. The van der Waals surface area contributed by atoms with Crippen LogP contribution in [0, 0.1) is 5.41 Å². The van der Waals surface area contributed by atoms with Gasteiger partial charge >= 0.3 is 0 Å². The molecule has 0 bridgehead atoms. The number of carbonyl (C=O) groups is 2. The highest BCUT2D eigenvalue weighted by molar-refractivity contribution is 6.10. The number of rotatable bonds is 6. The largest absolute Gasteiger partial charge is 0.361 e. The minimum Gasteiger partial charge on any atom is -0.361 e. The van der Waals surface area contributed by atoms with Crippen molar-refractivity contribution in [3.63, 3.8) is 0 Å². The Morgan fingerprint density at radius 2 is 1.70 bits per heavy atom. The number of anilines is 1. The molecule has 2 N–H and O–H groups in total. The second-order valence-corrected chi connectivity index (χ2v) is 7.19. The van der Waals surface area contributed by atoms with E-state index in [1.54, 1.807) is 20.9 Å². The molecule has 0 aliphatic rings. The summed E-state index contributed by atoms with van der Waals surface area (Å²) in [5.74, 6) is -0.506. The molecule has 1 heterocycles. The van der Waals surface area contributed by atoms with Gasteiger partial charge < -0.3 is 15.2 Å². The maximum atomic E-state index is 12.8. The van der Waals surface area contributed by atoms with E-state index in [0.29, 0.717) is 13.0 Å². The second kappa shape index (κ2) is 7.66. The van der Waals surface area contributed by atoms with E-state index in [2.05, 4.69) is 16.4 Å².